The minimum Gasteiger partial charge on any atom is -0.456 e. The van der Waals surface area contributed by atoms with Gasteiger partial charge in [0.1, 0.15) is 11.2 Å². The normalized spacial score (nSPS) is 19.0. The zero-order valence-electron chi connectivity index (χ0n) is 37.6. The first-order valence-corrected chi connectivity index (χ1v) is 11.2. The maximum absolute atomic E-state index is 9.31. The molecule has 0 amide bonds. The molecule has 37 heavy (non-hydrogen) atoms. The fourth-order valence-corrected chi connectivity index (χ4v) is 4.89. The van der Waals surface area contributed by atoms with E-state index in [2.05, 4.69) is 0 Å². The highest BCUT2D eigenvalue weighted by Gasteiger charge is 2.20. The molecule has 0 aliphatic carbocycles. The van der Waals surface area contributed by atoms with E-state index < -0.39 is 147 Å². The van der Waals surface area contributed by atoms with E-state index >= 15 is 0 Å². The average molecular weight is 490 g/mol. The number of fused-ring (bicyclic) bond motifs is 6. The van der Waals surface area contributed by atoms with Gasteiger partial charge in [0.25, 0.3) is 0 Å². The molecule has 8 rings (SSSR count). The molecule has 1 nitrogen and oxygen atoms in total. The van der Waals surface area contributed by atoms with E-state index in [1.54, 1.807) is 0 Å². The molecule has 0 aliphatic heterocycles. The first-order valence-electron chi connectivity index (χ1n) is 20.7. The molecule has 1 aromatic heterocycles. The van der Waals surface area contributed by atoms with Crippen LogP contribution in [0.3, 0.4) is 0 Å². The average Bonchev–Trinajstić information content (AvgIpc) is 3.58. The van der Waals surface area contributed by atoms with E-state index in [4.69, 9.17) is 23.6 Å². The van der Waals surface area contributed by atoms with Crippen LogP contribution < -0.4 is 0 Å². The van der Waals surface area contributed by atoms with Gasteiger partial charge in [-0.2, -0.15) is 0 Å². The maximum atomic E-state index is 9.31. The lowest BCUT2D eigenvalue weighted by atomic mass is 9.84. The van der Waals surface area contributed by atoms with Crippen LogP contribution in [0.5, 0.6) is 0 Å². The van der Waals surface area contributed by atoms with Crippen LogP contribution in [-0.2, 0) is 0 Å². The number of hydrogen-bond acceptors (Lipinski definition) is 1. The lowest BCUT2D eigenvalue weighted by Crippen LogP contribution is -1.92. The Morgan fingerprint density at radius 1 is 0.432 bits per heavy atom. The van der Waals surface area contributed by atoms with Gasteiger partial charge in [-0.3, -0.25) is 0 Å². The van der Waals surface area contributed by atoms with Crippen molar-refractivity contribution in [2.75, 3.05) is 0 Å². The topological polar surface area (TPSA) is 13.1 Å². The molecule has 172 valence electrons. The molecule has 0 spiro atoms. The molecule has 0 N–H and O–H groups in total. The predicted molar refractivity (Wildman–Crippen MR) is 157 cm³/mol. The number of para-hydroxylation sites is 1. The van der Waals surface area contributed by atoms with Crippen molar-refractivity contribution in [1.29, 1.82) is 0 Å². The van der Waals surface area contributed by atoms with Gasteiger partial charge in [0.15, 0.2) is 0 Å². The Balaban J connectivity index is 1.80. The highest BCUT2D eigenvalue weighted by Crippen LogP contribution is 2.47. The van der Waals surface area contributed by atoms with Crippen LogP contribution in [0.25, 0.3) is 76.5 Å². The third-order valence-electron chi connectivity index (χ3n) is 6.35. The smallest absolute Gasteiger partial charge is 0.136 e. The predicted octanol–water partition coefficient (Wildman–Crippen LogP) is 10.4. The van der Waals surface area contributed by atoms with Crippen molar-refractivity contribution >= 4 is 54.3 Å². The highest BCUT2D eigenvalue weighted by molar-refractivity contribution is 6.26. The number of furan rings is 1. The summed E-state index contributed by atoms with van der Waals surface area (Å²) in [5.74, 6) is 0. The van der Waals surface area contributed by atoms with Gasteiger partial charge in [-0.1, -0.05) is 121 Å². The molecule has 0 fully saturated rings. The zero-order chi connectivity index (χ0) is 40.9. The molecule has 0 atom stereocenters. The van der Waals surface area contributed by atoms with Crippen LogP contribution in [-0.4, -0.2) is 0 Å². The summed E-state index contributed by atoms with van der Waals surface area (Å²) in [4.78, 5) is 0. The molecule has 1 heteroatoms. The van der Waals surface area contributed by atoms with Crippen LogP contribution in [0.1, 0.15) is 26.0 Å². The lowest BCUT2D eigenvalue weighted by molar-refractivity contribution is 0.669. The van der Waals surface area contributed by atoms with E-state index in [-0.39, 0.29) is 43.8 Å². The van der Waals surface area contributed by atoms with Gasteiger partial charge in [0, 0.05) is 10.8 Å². The van der Waals surface area contributed by atoms with Crippen LogP contribution in [0.15, 0.2) is 137 Å². The third kappa shape index (κ3) is 2.92. The molecular formula is C36H22O. The molecule has 0 saturated heterocycles. The first-order chi connectivity index (χ1) is 26.3. The number of rotatable bonds is 2. The SMILES string of the molecule is [2H]c1c([2H])c([2H])c2c(oc3cccc(-c4c5c([2H])c([2H])c([2H])c([2H])c5c(-c5c([2H])c([2H])c([2H])c6c([2H])c([2H])c([2H])c([2H])c56)c5c([2H])c([2H])c([2H])c([2H])c45)c32)c1[2H]. The number of hydrogen-bond donors (Lipinski definition) is 0. The third-order valence-corrected chi connectivity index (χ3v) is 6.35. The minimum absolute atomic E-state index is 0.0107. The Morgan fingerprint density at radius 3 is 1.68 bits per heavy atom. The molecule has 0 saturated carbocycles. The van der Waals surface area contributed by atoms with Crippen LogP contribution in [0.4, 0.5) is 0 Å². The first kappa shape index (κ1) is 9.21. The summed E-state index contributed by atoms with van der Waals surface area (Å²) in [5.41, 5.74) is -1.48. The summed E-state index contributed by atoms with van der Waals surface area (Å²) in [6, 6.07) is -9.47. The standard InChI is InChI=1S/C36H22O/c1-2-13-24-23(11-1)12-9-19-25(24)34-26-14-3-5-16-28(26)35(29-17-6-4-15-27(29)34)31-20-10-22-33-36(31)30-18-7-8-21-32(30)37-33/h1-22H/i1D,2D,3D,4D,5D,6D,7D,8D,9D,11D,12D,13D,14D,15D,16D,17D,18D,19D,21D. The van der Waals surface area contributed by atoms with Gasteiger partial charge in [0.2, 0.25) is 0 Å². The van der Waals surface area contributed by atoms with Crippen LogP contribution in [0.2, 0.25) is 0 Å². The van der Waals surface area contributed by atoms with Crippen molar-refractivity contribution in [2.45, 2.75) is 0 Å². The van der Waals surface area contributed by atoms with Gasteiger partial charge >= 0.3 is 0 Å². The largest absolute Gasteiger partial charge is 0.456 e. The van der Waals surface area contributed by atoms with E-state index in [9.17, 15) is 6.85 Å². The van der Waals surface area contributed by atoms with E-state index in [1.807, 2.05) is 0 Å². The van der Waals surface area contributed by atoms with Crippen molar-refractivity contribution in [1.82, 2.24) is 0 Å². The van der Waals surface area contributed by atoms with Crippen molar-refractivity contribution in [3.63, 3.8) is 0 Å². The monoisotopic (exact) mass is 489 g/mol. The molecule has 1 heterocycles. The fourth-order valence-electron chi connectivity index (χ4n) is 4.89. The Kier molecular flexibility index (Phi) is 1.94. The Hall–Kier alpha value is -4.88. The summed E-state index contributed by atoms with van der Waals surface area (Å²) in [6.45, 7) is 0. The van der Waals surface area contributed by atoms with Gasteiger partial charge in [0.05, 0.1) is 26.0 Å². The molecular weight excluding hydrogens is 448 g/mol. The molecule has 0 unspecified atom stereocenters. The van der Waals surface area contributed by atoms with Crippen molar-refractivity contribution < 1.29 is 30.5 Å². The van der Waals surface area contributed by atoms with E-state index in [0.29, 0.717) is 0 Å². The van der Waals surface area contributed by atoms with Gasteiger partial charge in [-0.05, 0) is 66.7 Å². The summed E-state index contributed by atoms with van der Waals surface area (Å²) in [5, 5.41) is -2.73. The molecule has 0 aliphatic rings. The van der Waals surface area contributed by atoms with E-state index in [0.717, 1.165) is 0 Å². The molecule has 0 bridgehead atoms. The van der Waals surface area contributed by atoms with E-state index in [1.165, 1.54) is 18.2 Å². The fraction of sp³-hybridized carbons (Fsp3) is 0. The van der Waals surface area contributed by atoms with Gasteiger partial charge < -0.3 is 4.42 Å². The molecule has 7 aromatic carbocycles. The van der Waals surface area contributed by atoms with Crippen molar-refractivity contribution in [3.05, 3.63) is 133 Å². The van der Waals surface area contributed by atoms with Crippen LogP contribution in [0, 0.1) is 0 Å². The quantitative estimate of drug-likeness (QED) is 0.220. The van der Waals surface area contributed by atoms with Gasteiger partial charge in [-0.25, -0.2) is 0 Å². The molecule has 8 aromatic rings. The lowest BCUT2D eigenvalue weighted by Gasteiger charge is -2.19. The maximum Gasteiger partial charge on any atom is 0.136 e. The summed E-state index contributed by atoms with van der Waals surface area (Å²) < 4.78 is 173. The van der Waals surface area contributed by atoms with Crippen molar-refractivity contribution in [2.24, 2.45) is 0 Å². The van der Waals surface area contributed by atoms with Crippen LogP contribution >= 0.6 is 0 Å². The highest BCUT2D eigenvalue weighted by atomic mass is 16.3. The van der Waals surface area contributed by atoms with Crippen molar-refractivity contribution in [3.8, 4) is 22.3 Å². The zero-order valence-corrected chi connectivity index (χ0v) is 18.6. The second-order valence-corrected chi connectivity index (χ2v) is 8.23. The minimum atomic E-state index is -0.826. The second kappa shape index (κ2) is 7.81. The molecule has 0 radical (unpaired) electrons. The Morgan fingerprint density at radius 2 is 0.973 bits per heavy atom. The summed E-state index contributed by atoms with van der Waals surface area (Å²) in [6.07, 6.45) is 0. The number of benzene rings is 7. The summed E-state index contributed by atoms with van der Waals surface area (Å²) in [7, 11) is 0. The Labute approximate surface area is 240 Å². The Bertz CT molecular complexity index is 3100. The van der Waals surface area contributed by atoms with Gasteiger partial charge in [-0.15, -0.1) is 0 Å². The second-order valence-electron chi connectivity index (χ2n) is 8.23. The summed E-state index contributed by atoms with van der Waals surface area (Å²) >= 11 is 0.